The minimum atomic E-state index is -1.64. The Bertz CT molecular complexity index is 1570. The Morgan fingerprint density at radius 1 is 0.841 bits per heavy atom. The number of benzene rings is 3. The molecule has 14 heteroatoms. The Morgan fingerprint density at radius 2 is 1.48 bits per heavy atom. The fraction of sp³-hybridized carbons (Fsp3) is 0.267. The smallest absolute Gasteiger partial charge is 0.550 e. The number of aliphatic carboxylic acids is 2. The fourth-order valence-electron chi connectivity index (χ4n) is 4.21. The Labute approximate surface area is 269 Å². The summed E-state index contributed by atoms with van der Waals surface area (Å²) in [5, 5.41) is 51.4. The van der Waals surface area contributed by atoms with Crippen molar-refractivity contribution in [2.24, 2.45) is 0 Å². The van der Waals surface area contributed by atoms with Crippen LogP contribution in [0.1, 0.15) is 30.7 Å². The van der Waals surface area contributed by atoms with Crippen LogP contribution < -0.4 is 35.2 Å². The Kier molecular flexibility index (Phi) is 15.3. The first kappa shape index (κ1) is 37.8. The van der Waals surface area contributed by atoms with Crippen LogP contribution in [0.2, 0.25) is 0 Å². The number of nitrogens with zero attached hydrogens (tertiary/aromatic N) is 2. The zero-order chi connectivity index (χ0) is 32.3. The largest absolute Gasteiger partial charge is 2.00 e. The zero-order valence-electron chi connectivity index (χ0n) is 25.4. The summed E-state index contributed by atoms with van der Waals surface area (Å²) in [6, 6.07) is 15.4. The predicted molar refractivity (Wildman–Crippen MR) is 159 cm³/mol. The molecule has 4 aromatic rings. The second-order valence-corrected chi connectivity index (χ2v) is 9.20. The molecule has 0 aliphatic heterocycles. The average molecular weight is 698 g/mol. The number of aryl methyl sites for hydroxylation is 2. The second-order valence-electron chi connectivity index (χ2n) is 9.20. The first-order chi connectivity index (χ1) is 20.3. The van der Waals surface area contributed by atoms with Gasteiger partial charge in [-0.2, -0.15) is 5.10 Å². The summed E-state index contributed by atoms with van der Waals surface area (Å²) >= 11 is 0. The van der Waals surface area contributed by atoms with E-state index >= 15 is 0 Å². The van der Waals surface area contributed by atoms with Crippen LogP contribution >= 0.6 is 0 Å². The van der Waals surface area contributed by atoms with Crippen molar-refractivity contribution in [3.63, 3.8) is 0 Å². The van der Waals surface area contributed by atoms with Gasteiger partial charge in [0.25, 0.3) is 0 Å². The number of hydrogen-bond acceptors (Lipinski definition) is 12. The summed E-state index contributed by atoms with van der Waals surface area (Å²) in [5.41, 5.74) is 4.66. The molecule has 0 aliphatic rings. The Morgan fingerprint density at radius 3 is 2.02 bits per heavy atom. The third-order valence-corrected chi connectivity index (χ3v) is 6.02. The normalized spacial score (nSPS) is 9.75. The topological polar surface area (TPSA) is 186 Å². The van der Waals surface area contributed by atoms with Gasteiger partial charge in [0, 0.05) is 46.3 Å². The molecule has 0 fully saturated rings. The van der Waals surface area contributed by atoms with Gasteiger partial charge in [0.2, 0.25) is 0 Å². The molecule has 236 valence electrons. The molecule has 4 rings (SSSR count). The molecule has 0 aliphatic carbocycles. The summed E-state index contributed by atoms with van der Waals surface area (Å²) in [7, 11) is 3.13. The first-order valence-electron chi connectivity index (χ1n) is 12.9. The van der Waals surface area contributed by atoms with Crippen molar-refractivity contribution in [2.75, 3.05) is 26.6 Å². The molecule has 0 unspecified atom stereocenters. The van der Waals surface area contributed by atoms with Gasteiger partial charge < -0.3 is 49.4 Å². The van der Waals surface area contributed by atoms with Crippen molar-refractivity contribution >= 4 is 41.1 Å². The SMILES string of the molecule is CC(=O)[O-].CC(=O)[O-].COc1ccc(CNc2nnc(C)c3cc(-c4cc(C)c(OC)c(B(O)O)c4)ccc23)c(OC)c1.[Pd+2]. The van der Waals surface area contributed by atoms with Crippen molar-refractivity contribution in [3.8, 4) is 28.4 Å². The molecule has 0 amide bonds. The van der Waals surface area contributed by atoms with E-state index in [1.807, 2.05) is 56.3 Å². The van der Waals surface area contributed by atoms with Crippen LogP contribution in [-0.4, -0.2) is 60.6 Å². The van der Waals surface area contributed by atoms with E-state index in [0.29, 0.717) is 23.6 Å². The molecule has 12 nitrogen and oxygen atoms in total. The summed E-state index contributed by atoms with van der Waals surface area (Å²) < 4.78 is 16.1. The summed E-state index contributed by atoms with van der Waals surface area (Å²) in [6.45, 7) is 6.23. The van der Waals surface area contributed by atoms with E-state index in [4.69, 9.17) is 34.0 Å². The number of carbonyl (C=O) groups excluding carboxylic acids is 2. The number of rotatable bonds is 8. The Hall–Kier alpha value is -4.21. The third-order valence-electron chi connectivity index (χ3n) is 6.02. The average Bonchev–Trinajstić information content (AvgIpc) is 2.95. The Balaban J connectivity index is 0.000000962. The summed E-state index contributed by atoms with van der Waals surface area (Å²) in [4.78, 5) is 17.8. The van der Waals surface area contributed by atoms with Gasteiger partial charge in [0.1, 0.15) is 17.2 Å². The third kappa shape index (κ3) is 10.5. The van der Waals surface area contributed by atoms with Gasteiger partial charge in [-0.1, -0.05) is 12.1 Å². The molecule has 0 bridgehead atoms. The summed E-state index contributed by atoms with van der Waals surface area (Å²) in [5.74, 6) is 0.407. The van der Waals surface area contributed by atoms with Gasteiger partial charge >= 0.3 is 27.5 Å². The zero-order valence-corrected chi connectivity index (χ0v) is 26.9. The minimum Gasteiger partial charge on any atom is -0.550 e. The molecule has 1 heterocycles. The second kappa shape index (κ2) is 17.8. The number of hydrogen-bond donors (Lipinski definition) is 3. The van der Waals surface area contributed by atoms with Crippen LogP contribution in [0.15, 0.2) is 48.5 Å². The van der Waals surface area contributed by atoms with Crippen LogP contribution in [0.25, 0.3) is 21.9 Å². The predicted octanol–water partition coefficient (Wildman–Crippen LogP) is 0.741. The first-order valence-corrected chi connectivity index (χ1v) is 12.9. The van der Waals surface area contributed by atoms with Crippen molar-refractivity contribution in [2.45, 2.75) is 34.2 Å². The van der Waals surface area contributed by atoms with E-state index in [1.165, 1.54) is 7.11 Å². The van der Waals surface area contributed by atoms with Gasteiger partial charge in [-0.15, -0.1) is 5.10 Å². The quantitative estimate of drug-likeness (QED) is 0.220. The van der Waals surface area contributed by atoms with Crippen LogP contribution in [-0.2, 0) is 36.6 Å². The van der Waals surface area contributed by atoms with Gasteiger partial charge in [-0.25, -0.2) is 0 Å². The molecule has 3 N–H and O–H groups in total. The molecule has 3 aromatic carbocycles. The number of ether oxygens (including phenoxy) is 3. The fourth-order valence-corrected chi connectivity index (χ4v) is 4.21. The van der Waals surface area contributed by atoms with Crippen LogP contribution in [0.3, 0.4) is 0 Å². The van der Waals surface area contributed by atoms with E-state index in [9.17, 15) is 10.0 Å². The molecule has 0 saturated heterocycles. The monoisotopic (exact) mass is 697 g/mol. The van der Waals surface area contributed by atoms with Crippen molar-refractivity contribution in [1.29, 1.82) is 0 Å². The maximum Gasteiger partial charge on any atom is 2.00 e. The van der Waals surface area contributed by atoms with Gasteiger partial charge in [0.15, 0.2) is 5.82 Å². The molecular formula is C30H34BN3O9Pd. The van der Waals surface area contributed by atoms with E-state index in [-0.39, 0.29) is 20.4 Å². The van der Waals surface area contributed by atoms with Gasteiger partial charge in [0.05, 0.1) is 27.0 Å². The minimum absolute atomic E-state index is 0. The molecule has 0 atom stereocenters. The van der Waals surface area contributed by atoms with E-state index in [0.717, 1.165) is 64.1 Å². The number of carbonyl (C=O) groups is 2. The molecule has 44 heavy (non-hydrogen) atoms. The molecule has 0 radical (unpaired) electrons. The van der Waals surface area contributed by atoms with E-state index < -0.39 is 19.1 Å². The standard InChI is InChI=1S/C26H28BN3O5.2C2H4O2.Pd/c1-15-10-19(12-23(27(31)32)25(15)35-5)17-7-9-21-22(11-17)16(2)29-30-26(21)28-14-18-6-8-20(33-3)13-24(18)34-4;2*1-2(3)4;/h6-13,31-32H,14H2,1-5H3,(H,28,30);2*1H3,(H,3,4);/q;;;+2/p-2. The summed E-state index contributed by atoms with van der Waals surface area (Å²) in [6.07, 6.45) is 0. The number of carboxylic acid groups (broad SMARTS) is 2. The van der Waals surface area contributed by atoms with Crippen molar-refractivity contribution in [3.05, 3.63) is 65.4 Å². The number of aromatic nitrogens is 2. The molecular weight excluding hydrogens is 664 g/mol. The molecule has 1 aromatic heterocycles. The maximum absolute atomic E-state index is 9.84. The van der Waals surface area contributed by atoms with Gasteiger partial charge in [-0.3, -0.25) is 0 Å². The van der Waals surface area contributed by atoms with E-state index in [1.54, 1.807) is 20.3 Å². The number of anilines is 1. The van der Waals surface area contributed by atoms with Crippen molar-refractivity contribution < 1.29 is 64.5 Å². The van der Waals surface area contributed by atoms with Crippen LogP contribution in [0.5, 0.6) is 17.2 Å². The number of methoxy groups -OCH3 is 3. The molecule has 0 spiro atoms. The van der Waals surface area contributed by atoms with Crippen molar-refractivity contribution in [1.82, 2.24) is 10.2 Å². The number of carboxylic acids is 2. The van der Waals surface area contributed by atoms with Crippen LogP contribution in [0, 0.1) is 13.8 Å². The number of fused-ring (bicyclic) bond motifs is 1. The van der Waals surface area contributed by atoms with E-state index in [2.05, 4.69) is 15.5 Å². The molecule has 0 saturated carbocycles. The van der Waals surface area contributed by atoms with Gasteiger partial charge in [-0.05, 0) is 74.7 Å². The van der Waals surface area contributed by atoms with Crippen LogP contribution in [0.4, 0.5) is 5.82 Å². The maximum atomic E-state index is 9.84. The number of nitrogens with one attached hydrogen (secondary N) is 1.